The van der Waals surface area contributed by atoms with Crippen LogP contribution in [0.3, 0.4) is 0 Å². The van der Waals surface area contributed by atoms with Gasteiger partial charge in [0.05, 0.1) is 36.0 Å². The van der Waals surface area contributed by atoms with Crippen LogP contribution >= 0.6 is 12.6 Å². The minimum Gasteiger partial charge on any atom is -0.494 e. The fraction of sp³-hybridized carbons (Fsp3) is 0.357. The van der Waals surface area contributed by atoms with Gasteiger partial charge in [0, 0.05) is 12.1 Å². The molecule has 3 aromatic carbocycles. The maximum atomic E-state index is 12.0. The largest absolute Gasteiger partial charge is 0.494 e. The predicted octanol–water partition coefficient (Wildman–Crippen LogP) is 8.15. The number of aryl methyl sites for hydroxylation is 3. The highest BCUT2D eigenvalue weighted by Crippen LogP contribution is 2.35. The maximum Gasteiger partial charge on any atom is 0.296 e. The summed E-state index contributed by atoms with van der Waals surface area (Å²) in [5.41, 5.74) is 10.9. The Labute approximate surface area is 240 Å². The van der Waals surface area contributed by atoms with Gasteiger partial charge in [-0.05, 0) is 86.4 Å². The van der Waals surface area contributed by atoms with E-state index in [0.717, 1.165) is 29.5 Å². The van der Waals surface area contributed by atoms with E-state index in [1.165, 1.54) is 12.1 Å². The lowest BCUT2D eigenvalue weighted by atomic mass is 10.1. The van der Waals surface area contributed by atoms with E-state index < -0.39 is 15.0 Å². The molecule has 214 valence electrons. The number of hydrogen-bond donors (Lipinski definition) is 3. The molecule has 0 aliphatic carbocycles. The molecule has 0 aromatic heterocycles. The van der Waals surface area contributed by atoms with Crippen LogP contribution in [0.25, 0.3) is 0 Å². The number of nitrogen functional groups attached to an aromatic ring is 1. The fourth-order valence-corrected chi connectivity index (χ4v) is 4.37. The van der Waals surface area contributed by atoms with Gasteiger partial charge in [-0.15, -0.1) is 5.11 Å². The van der Waals surface area contributed by atoms with Crippen molar-refractivity contribution in [3.05, 3.63) is 59.2 Å². The van der Waals surface area contributed by atoms with E-state index in [1.807, 2.05) is 32.9 Å². The fourth-order valence-electron chi connectivity index (χ4n) is 3.60. The van der Waals surface area contributed by atoms with E-state index in [4.69, 9.17) is 15.2 Å². The molecule has 3 aromatic rings. The number of ether oxygens (including phenoxy) is 2. The normalized spacial score (nSPS) is 11.9. The number of hydrogen-bond acceptors (Lipinski definition) is 10. The Balaban J connectivity index is 1.85. The number of unbranched alkanes of at least 4 members (excludes halogenated alkanes) is 1. The first kappa shape index (κ1) is 31.1. The molecule has 0 atom stereocenters. The molecule has 0 saturated carbocycles. The number of thiol groups is 1. The quantitative estimate of drug-likeness (QED) is 0.0606. The SMILES string of the molecule is CCCCOc1cc(N=Nc2cc(C)c(N=Nc3ccc(OCCCS)cc3S(=O)(=O)O)cc2C)c(C)cc1N. The second-order valence-electron chi connectivity index (χ2n) is 9.23. The molecule has 3 N–H and O–H groups in total. The van der Waals surface area contributed by atoms with Crippen LogP contribution in [0.4, 0.5) is 28.4 Å². The van der Waals surface area contributed by atoms with Gasteiger partial charge < -0.3 is 15.2 Å². The van der Waals surface area contributed by atoms with Gasteiger partial charge in [0.2, 0.25) is 0 Å². The van der Waals surface area contributed by atoms with Gasteiger partial charge >= 0.3 is 0 Å². The summed E-state index contributed by atoms with van der Waals surface area (Å²) in [4.78, 5) is -0.392. The number of benzene rings is 3. The highest BCUT2D eigenvalue weighted by Gasteiger charge is 2.17. The molecule has 40 heavy (non-hydrogen) atoms. The van der Waals surface area contributed by atoms with Gasteiger partial charge in [-0.1, -0.05) is 13.3 Å². The zero-order valence-electron chi connectivity index (χ0n) is 23.1. The molecular formula is C28H35N5O5S2. The van der Waals surface area contributed by atoms with Gasteiger partial charge in [-0.3, -0.25) is 4.55 Å². The summed E-state index contributed by atoms with van der Waals surface area (Å²) in [5, 5.41) is 17.2. The standard InChI is InChI=1S/C28H35N5O5S2/c1-5-6-10-38-27-17-26(18(2)13-22(27)29)33-32-25-15-19(3)24(14-20(25)4)31-30-23-9-8-21(37-11-7-12-39)16-28(23)40(34,35)36/h8-9,13-17,39H,5-7,10-12,29H2,1-4H3,(H,34,35,36). The zero-order valence-corrected chi connectivity index (χ0v) is 24.8. The third-order valence-electron chi connectivity index (χ3n) is 5.91. The van der Waals surface area contributed by atoms with Crippen LogP contribution in [0.1, 0.15) is 42.9 Å². The van der Waals surface area contributed by atoms with Crippen LogP contribution in [-0.2, 0) is 10.1 Å². The molecule has 0 aliphatic heterocycles. The predicted molar refractivity (Wildman–Crippen MR) is 160 cm³/mol. The Kier molecular flexibility index (Phi) is 11.1. The molecular weight excluding hydrogens is 550 g/mol. The first-order valence-electron chi connectivity index (χ1n) is 12.9. The van der Waals surface area contributed by atoms with Crippen LogP contribution in [-0.4, -0.2) is 31.9 Å². The number of azo groups is 2. The van der Waals surface area contributed by atoms with Gasteiger partial charge in [0.1, 0.15) is 22.1 Å². The lowest BCUT2D eigenvalue weighted by Gasteiger charge is -2.11. The average Bonchev–Trinajstić information content (AvgIpc) is 2.90. The van der Waals surface area contributed by atoms with Gasteiger partial charge in [0.15, 0.2) is 0 Å². The minimum atomic E-state index is -4.56. The minimum absolute atomic E-state index is 0.0133. The monoisotopic (exact) mass is 585 g/mol. The number of rotatable bonds is 13. The van der Waals surface area contributed by atoms with E-state index in [1.54, 1.807) is 18.2 Å². The molecule has 3 rings (SSSR count). The second-order valence-corrected chi connectivity index (χ2v) is 11.1. The van der Waals surface area contributed by atoms with Gasteiger partial charge in [-0.25, -0.2) is 0 Å². The molecule has 0 bridgehead atoms. The summed E-state index contributed by atoms with van der Waals surface area (Å²) in [5.74, 6) is 1.51. The van der Waals surface area contributed by atoms with Crippen LogP contribution in [0.15, 0.2) is 67.8 Å². The van der Waals surface area contributed by atoms with Crippen LogP contribution in [0, 0.1) is 20.8 Å². The second kappa shape index (κ2) is 14.2. The van der Waals surface area contributed by atoms with E-state index in [2.05, 4.69) is 40.0 Å². The van der Waals surface area contributed by atoms with Crippen molar-refractivity contribution in [1.29, 1.82) is 0 Å². The first-order chi connectivity index (χ1) is 19.0. The molecule has 0 heterocycles. The van der Waals surface area contributed by atoms with Crippen molar-refractivity contribution in [2.75, 3.05) is 24.7 Å². The van der Waals surface area contributed by atoms with Crippen LogP contribution in [0.5, 0.6) is 11.5 Å². The zero-order chi connectivity index (χ0) is 29.3. The van der Waals surface area contributed by atoms with Crippen molar-refractivity contribution in [2.24, 2.45) is 20.5 Å². The van der Waals surface area contributed by atoms with Crippen LogP contribution < -0.4 is 15.2 Å². The molecule has 0 amide bonds. The lowest BCUT2D eigenvalue weighted by molar-refractivity contribution is 0.311. The van der Waals surface area contributed by atoms with Gasteiger partial charge in [-0.2, -0.15) is 36.4 Å². The summed E-state index contributed by atoms with van der Waals surface area (Å²) in [7, 11) is -4.56. The van der Waals surface area contributed by atoms with Crippen molar-refractivity contribution in [3.63, 3.8) is 0 Å². The molecule has 12 heteroatoms. The summed E-state index contributed by atoms with van der Waals surface area (Å²) in [6.07, 6.45) is 2.64. The molecule has 0 fully saturated rings. The summed E-state index contributed by atoms with van der Waals surface area (Å²) in [6, 6.07) is 11.4. The summed E-state index contributed by atoms with van der Waals surface area (Å²) >= 11 is 4.12. The third-order valence-corrected chi connectivity index (χ3v) is 7.11. The smallest absolute Gasteiger partial charge is 0.296 e. The van der Waals surface area contributed by atoms with Crippen molar-refractivity contribution < 1.29 is 22.4 Å². The molecule has 0 aliphatic rings. The first-order valence-corrected chi connectivity index (χ1v) is 14.9. The average molecular weight is 586 g/mol. The molecule has 0 spiro atoms. The number of anilines is 1. The van der Waals surface area contributed by atoms with E-state index in [-0.39, 0.29) is 5.69 Å². The Morgan fingerprint density at radius 3 is 1.93 bits per heavy atom. The van der Waals surface area contributed by atoms with Crippen LogP contribution in [0.2, 0.25) is 0 Å². The Morgan fingerprint density at radius 2 is 1.35 bits per heavy atom. The van der Waals surface area contributed by atoms with E-state index in [0.29, 0.717) is 59.6 Å². The Hall–Kier alpha value is -3.48. The highest BCUT2D eigenvalue weighted by atomic mass is 32.2. The lowest BCUT2D eigenvalue weighted by Crippen LogP contribution is -2.02. The Morgan fingerprint density at radius 1 is 0.800 bits per heavy atom. The van der Waals surface area contributed by atoms with Gasteiger partial charge in [0.25, 0.3) is 10.1 Å². The van der Waals surface area contributed by atoms with Crippen molar-refractivity contribution in [1.82, 2.24) is 0 Å². The molecule has 0 radical (unpaired) electrons. The van der Waals surface area contributed by atoms with E-state index in [9.17, 15) is 13.0 Å². The molecule has 0 unspecified atom stereocenters. The Bertz CT molecular complexity index is 1510. The summed E-state index contributed by atoms with van der Waals surface area (Å²) < 4.78 is 45.0. The highest BCUT2D eigenvalue weighted by molar-refractivity contribution is 7.86. The van der Waals surface area contributed by atoms with Crippen molar-refractivity contribution in [2.45, 2.75) is 51.9 Å². The maximum absolute atomic E-state index is 12.0. The number of nitrogens with zero attached hydrogens (tertiary/aromatic N) is 4. The molecule has 10 nitrogen and oxygen atoms in total. The van der Waals surface area contributed by atoms with Crippen molar-refractivity contribution >= 4 is 51.2 Å². The van der Waals surface area contributed by atoms with E-state index >= 15 is 0 Å². The summed E-state index contributed by atoms with van der Waals surface area (Å²) in [6.45, 7) is 8.64. The number of nitrogens with two attached hydrogens (primary N) is 1. The van der Waals surface area contributed by atoms with Crippen molar-refractivity contribution in [3.8, 4) is 11.5 Å². The topological polar surface area (TPSA) is 148 Å². The third kappa shape index (κ3) is 8.51. The molecule has 0 saturated heterocycles.